The van der Waals surface area contributed by atoms with E-state index in [1.54, 1.807) is 4.90 Å². The van der Waals surface area contributed by atoms with Crippen molar-refractivity contribution in [3.63, 3.8) is 0 Å². The molecule has 7 heteroatoms. The van der Waals surface area contributed by atoms with Crippen molar-refractivity contribution in [3.05, 3.63) is 45.1 Å². The van der Waals surface area contributed by atoms with E-state index in [-0.39, 0.29) is 18.9 Å². The van der Waals surface area contributed by atoms with Crippen LogP contribution in [0.2, 0.25) is 4.34 Å². The van der Waals surface area contributed by atoms with Gasteiger partial charge in [0.25, 0.3) is 0 Å². The lowest BCUT2D eigenvalue weighted by molar-refractivity contribution is 0.174. The number of urea groups is 1. The zero-order chi connectivity index (χ0) is 17.1. The summed E-state index contributed by atoms with van der Waals surface area (Å²) in [6.07, 6.45) is 0. The van der Waals surface area contributed by atoms with E-state index in [4.69, 9.17) is 21.1 Å². The summed E-state index contributed by atoms with van der Waals surface area (Å²) in [6, 6.07) is 9.27. The van der Waals surface area contributed by atoms with Crippen LogP contribution in [0.3, 0.4) is 0 Å². The van der Waals surface area contributed by atoms with E-state index in [0.717, 1.165) is 20.5 Å². The first-order valence-electron chi connectivity index (χ1n) is 7.76. The molecule has 1 atom stereocenters. The summed E-state index contributed by atoms with van der Waals surface area (Å²) in [5, 5.41) is 3.03. The molecule has 0 saturated heterocycles. The van der Waals surface area contributed by atoms with Gasteiger partial charge in [-0.25, -0.2) is 4.79 Å². The van der Waals surface area contributed by atoms with Gasteiger partial charge in [0.1, 0.15) is 0 Å². The number of benzene rings is 1. The van der Waals surface area contributed by atoms with Crippen molar-refractivity contribution < 1.29 is 14.3 Å². The summed E-state index contributed by atoms with van der Waals surface area (Å²) in [7, 11) is 0. The fraction of sp³-hybridized carbons (Fsp3) is 0.353. The fourth-order valence-electron chi connectivity index (χ4n) is 2.49. The smallest absolute Gasteiger partial charge is 0.318 e. The summed E-state index contributed by atoms with van der Waals surface area (Å²) < 4.78 is 11.4. The number of nitrogens with one attached hydrogen (secondary N) is 1. The van der Waals surface area contributed by atoms with Crippen LogP contribution in [-0.2, 0) is 6.54 Å². The number of carbonyl (C=O) groups is 1. The molecule has 0 aliphatic carbocycles. The first kappa shape index (κ1) is 16.9. The van der Waals surface area contributed by atoms with Crippen molar-refractivity contribution in [2.45, 2.75) is 26.4 Å². The van der Waals surface area contributed by atoms with Crippen LogP contribution in [0.15, 0.2) is 30.3 Å². The number of hydrogen-bond donors (Lipinski definition) is 1. The number of carbonyl (C=O) groups excluding carboxylic acids is 1. The first-order valence-corrected chi connectivity index (χ1v) is 8.95. The van der Waals surface area contributed by atoms with Crippen LogP contribution in [0.25, 0.3) is 0 Å². The zero-order valence-corrected chi connectivity index (χ0v) is 15.1. The molecule has 1 N–H and O–H groups in total. The molecule has 1 aliphatic rings. The van der Waals surface area contributed by atoms with Crippen LogP contribution in [-0.4, -0.2) is 24.3 Å². The monoisotopic (exact) mass is 366 g/mol. The van der Waals surface area contributed by atoms with Crippen LogP contribution >= 0.6 is 22.9 Å². The molecule has 1 aromatic carbocycles. The Bertz CT molecular complexity index is 734. The van der Waals surface area contributed by atoms with Crippen molar-refractivity contribution in [3.8, 4) is 11.5 Å². The predicted octanol–water partition coefficient (Wildman–Crippen LogP) is 4.42. The van der Waals surface area contributed by atoms with Gasteiger partial charge < -0.3 is 19.7 Å². The van der Waals surface area contributed by atoms with Crippen molar-refractivity contribution in [1.82, 2.24) is 10.2 Å². The third-order valence-corrected chi connectivity index (χ3v) is 5.10. The molecule has 0 spiro atoms. The molecule has 1 unspecified atom stereocenters. The molecule has 0 bridgehead atoms. The highest BCUT2D eigenvalue weighted by Gasteiger charge is 2.19. The van der Waals surface area contributed by atoms with Crippen LogP contribution in [0, 0.1) is 0 Å². The highest BCUT2D eigenvalue weighted by molar-refractivity contribution is 7.16. The van der Waals surface area contributed by atoms with E-state index in [9.17, 15) is 4.79 Å². The molecule has 24 heavy (non-hydrogen) atoms. The number of amides is 2. The first-order chi connectivity index (χ1) is 11.6. The summed E-state index contributed by atoms with van der Waals surface area (Å²) in [5.41, 5.74) is 0.975. The van der Waals surface area contributed by atoms with Gasteiger partial charge in [0, 0.05) is 11.4 Å². The van der Waals surface area contributed by atoms with E-state index < -0.39 is 0 Å². The molecular weight excluding hydrogens is 348 g/mol. The molecule has 0 radical (unpaired) electrons. The van der Waals surface area contributed by atoms with E-state index >= 15 is 0 Å². The van der Waals surface area contributed by atoms with Gasteiger partial charge in [-0.2, -0.15) is 0 Å². The molecule has 2 heterocycles. The Morgan fingerprint density at radius 3 is 2.83 bits per heavy atom. The Labute approximate surface area is 150 Å². The van der Waals surface area contributed by atoms with Gasteiger partial charge in [-0.05, 0) is 43.7 Å². The average Bonchev–Trinajstić information content (AvgIpc) is 3.20. The van der Waals surface area contributed by atoms with Gasteiger partial charge in [0.15, 0.2) is 11.5 Å². The Morgan fingerprint density at radius 1 is 1.33 bits per heavy atom. The van der Waals surface area contributed by atoms with E-state index in [2.05, 4.69) is 5.32 Å². The highest BCUT2D eigenvalue weighted by Crippen LogP contribution is 2.34. The average molecular weight is 367 g/mol. The molecule has 1 aromatic heterocycles. The quantitative estimate of drug-likeness (QED) is 0.852. The minimum Gasteiger partial charge on any atom is -0.454 e. The van der Waals surface area contributed by atoms with Crippen LogP contribution in [0.1, 0.15) is 30.3 Å². The Morgan fingerprint density at radius 2 is 2.12 bits per heavy atom. The maximum absolute atomic E-state index is 12.5. The number of halogens is 1. The maximum atomic E-state index is 12.5. The lowest BCUT2D eigenvalue weighted by Crippen LogP contribution is -2.40. The minimum absolute atomic E-state index is 0.104. The summed E-state index contributed by atoms with van der Waals surface area (Å²) >= 11 is 7.45. The highest BCUT2D eigenvalue weighted by atomic mass is 35.5. The van der Waals surface area contributed by atoms with Gasteiger partial charge in [-0.1, -0.05) is 17.7 Å². The number of nitrogens with zero attached hydrogens (tertiary/aromatic N) is 1. The van der Waals surface area contributed by atoms with E-state index in [1.165, 1.54) is 11.3 Å². The standard InChI is InChI=1S/C17H19ClN2O3S/c1-3-20(9-13-5-7-16(18)24-13)17(21)19-11(2)12-4-6-14-15(8-12)23-10-22-14/h4-8,11H,3,9-10H2,1-2H3,(H,19,21). The van der Waals surface area contributed by atoms with Crippen molar-refractivity contribution in [2.24, 2.45) is 0 Å². The third-order valence-electron chi connectivity index (χ3n) is 3.88. The number of fused-ring (bicyclic) bond motifs is 1. The number of ether oxygens (including phenoxy) is 2. The number of rotatable bonds is 5. The second kappa shape index (κ2) is 7.32. The Kier molecular flexibility index (Phi) is 5.16. The maximum Gasteiger partial charge on any atom is 0.318 e. The van der Waals surface area contributed by atoms with Crippen molar-refractivity contribution in [1.29, 1.82) is 0 Å². The molecule has 3 rings (SSSR count). The van der Waals surface area contributed by atoms with Crippen LogP contribution < -0.4 is 14.8 Å². The molecule has 2 amide bonds. The van der Waals surface area contributed by atoms with Gasteiger partial charge in [0.2, 0.25) is 6.79 Å². The summed E-state index contributed by atoms with van der Waals surface area (Å²) in [4.78, 5) is 15.4. The molecule has 0 saturated carbocycles. The number of hydrogen-bond acceptors (Lipinski definition) is 4. The predicted molar refractivity (Wildman–Crippen MR) is 94.9 cm³/mol. The van der Waals surface area contributed by atoms with E-state index in [0.29, 0.717) is 18.8 Å². The molecule has 2 aromatic rings. The zero-order valence-electron chi connectivity index (χ0n) is 13.5. The molecule has 5 nitrogen and oxygen atoms in total. The van der Waals surface area contributed by atoms with Crippen LogP contribution in [0.5, 0.6) is 11.5 Å². The Balaban J connectivity index is 1.63. The Hall–Kier alpha value is -1.92. The molecular formula is C17H19ClN2O3S. The van der Waals surface area contributed by atoms with Gasteiger partial charge in [-0.3, -0.25) is 0 Å². The second-order valence-corrected chi connectivity index (χ2v) is 7.30. The molecule has 1 aliphatic heterocycles. The molecule has 0 fully saturated rings. The largest absolute Gasteiger partial charge is 0.454 e. The summed E-state index contributed by atoms with van der Waals surface area (Å²) in [6.45, 7) is 5.32. The lowest BCUT2D eigenvalue weighted by atomic mass is 10.1. The lowest BCUT2D eigenvalue weighted by Gasteiger charge is -2.24. The van der Waals surface area contributed by atoms with Gasteiger partial charge >= 0.3 is 6.03 Å². The third kappa shape index (κ3) is 3.76. The summed E-state index contributed by atoms with van der Waals surface area (Å²) in [5.74, 6) is 1.45. The van der Waals surface area contributed by atoms with Crippen molar-refractivity contribution in [2.75, 3.05) is 13.3 Å². The fourth-order valence-corrected chi connectivity index (χ4v) is 3.60. The van der Waals surface area contributed by atoms with E-state index in [1.807, 2.05) is 44.2 Å². The van der Waals surface area contributed by atoms with Gasteiger partial charge in [-0.15, -0.1) is 11.3 Å². The second-order valence-electron chi connectivity index (χ2n) is 5.50. The van der Waals surface area contributed by atoms with Crippen LogP contribution in [0.4, 0.5) is 4.79 Å². The minimum atomic E-state index is -0.132. The topological polar surface area (TPSA) is 50.8 Å². The van der Waals surface area contributed by atoms with Crippen molar-refractivity contribution >= 4 is 29.0 Å². The normalized spacial score (nSPS) is 13.6. The molecule has 128 valence electrons. The van der Waals surface area contributed by atoms with Gasteiger partial charge in [0.05, 0.1) is 16.9 Å². The SMILES string of the molecule is CCN(Cc1ccc(Cl)s1)C(=O)NC(C)c1ccc2c(c1)OCO2. The number of thiophene rings is 1.